The summed E-state index contributed by atoms with van der Waals surface area (Å²) in [4.78, 5) is 14.3. The third-order valence-corrected chi connectivity index (χ3v) is 4.60. The Morgan fingerprint density at radius 2 is 2.04 bits per heavy atom. The Labute approximate surface area is 156 Å². The number of carbonyl (C=O) groups is 1. The molecule has 6 heteroatoms. The fourth-order valence-electron chi connectivity index (χ4n) is 3.32. The molecule has 2 rings (SSSR count). The van der Waals surface area contributed by atoms with Crippen molar-refractivity contribution in [1.82, 2.24) is 10.2 Å². The molecular weight excluding hydrogens is 332 g/mol. The molecule has 1 aliphatic rings. The molecule has 1 aromatic carbocycles. The summed E-state index contributed by atoms with van der Waals surface area (Å²) in [5.41, 5.74) is 0.441. The second-order valence-electron chi connectivity index (χ2n) is 7.98. The van der Waals surface area contributed by atoms with E-state index in [-0.39, 0.29) is 12.6 Å². The first-order valence-electron chi connectivity index (χ1n) is 9.35. The Hall–Kier alpha value is -1.63. The van der Waals surface area contributed by atoms with E-state index in [9.17, 15) is 15.0 Å². The fourth-order valence-corrected chi connectivity index (χ4v) is 3.32. The number of ether oxygens (including phenoxy) is 1. The lowest BCUT2D eigenvalue weighted by atomic mass is 10.0. The smallest absolute Gasteiger partial charge is 0.407 e. The molecule has 1 fully saturated rings. The van der Waals surface area contributed by atoms with Gasteiger partial charge in [0.1, 0.15) is 5.60 Å². The highest BCUT2D eigenvalue weighted by molar-refractivity contribution is 5.68. The molecule has 146 valence electrons. The minimum Gasteiger partial charge on any atom is -0.444 e. The van der Waals surface area contributed by atoms with Gasteiger partial charge in [0.2, 0.25) is 0 Å². The number of nitrogens with one attached hydrogen (secondary N) is 1. The number of benzene rings is 1. The average Bonchev–Trinajstić information content (AvgIpc) is 3.00. The molecule has 1 aromatic rings. The van der Waals surface area contributed by atoms with Crippen molar-refractivity contribution in [3.05, 3.63) is 35.9 Å². The van der Waals surface area contributed by atoms with Crippen molar-refractivity contribution in [2.45, 2.75) is 63.8 Å². The van der Waals surface area contributed by atoms with Crippen LogP contribution in [0.1, 0.15) is 39.2 Å². The molecular formula is C20H32N2O4. The van der Waals surface area contributed by atoms with Crippen LogP contribution in [0.4, 0.5) is 4.79 Å². The normalized spacial score (nSPS) is 20.6. The predicted octanol–water partition coefficient (Wildman–Crippen LogP) is 1.94. The first kappa shape index (κ1) is 20.7. The van der Waals surface area contributed by atoms with Gasteiger partial charge in [0.25, 0.3) is 0 Å². The zero-order chi connectivity index (χ0) is 19.2. The molecule has 1 saturated heterocycles. The van der Waals surface area contributed by atoms with Gasteiger partial charge in [-0.05, 0) is 52.1 Å². The SMILES string of the molecule is CC(C)(C)OC(=O)N[C@H](Cc1ccccc1)[C@@H](O)CN1CCC[C@H]1CO. The van der Waals surface area contributed by atoms with Gasteiger partial charge in [-0.2, -0.15) is 0 Å². The molecule has 1 heterocycles. The van der Waals surface area contributed by atoms with Gasteiger partial charge in [0, 0.05) is 12.6 Å². The van der Waals surface area contributed by atoms with Crippen LogP contribution < -0.4 is 5.32 Å². The van der Waals surface area contributed by atoms with Crippen LogP contribution in [0.2, 0.25) is 0 Å². The maximum absolute atomic E-state index is 12.2. The molecule has 0 aliphatic carbocycles. The first-order valence-corrected chi connectivity index (χ1v) is 9.35. The van der Waals surface area contributed by atoms with E-state index >= 15 is 0 Å². The molecule has 0 radical (unpaired) electrons. The van der Waals surface area contributed by atoms with Crippen LogP contribution in [-0.2, 0) is 11.2 Å². The third kappa shape index (κ3) is 6.59. The number of hydrogen-bond acceptors (Lipinski definition) is 5. The van der Waals surface area contributed by atoms with Crippen molar-refractivity contribution >= 4 is 6.09 Å². The molecule has 0 bridgehead atoms. The summed E-state index contributed by atoms with van der Waals surface area (Å²) < 4.78 is 5.35. The lowest BCUT2D eigenvalue weighted by Gasteiger charge is -2.31. The Morgan fingerprint density at radius 3 is 2.65 bits per heavy atom. The van der Waals surface area contributed by atoms with Gasteiger partial charge in [-0.1, -0.05) is 30.3 Å². The van der Waals surface area contributed by atoms with Crippen LogP contribution in [0.25, 0.3) is 0 Å². The van der Waals surface area contributed by atoms with Gasteiger partial charge >= 0.3 is 6.09 Å². The van der Waals surface area contributed by atoms with Crippen molar-refractivity contribution in [2.75, 3.05) is 19.7 Å². The summed E-state index contributed by atoms with van der Waals surface area (Å²) in [7, 11) is 0. The van der Waals surface area contributed by atoms with Gasteiger partial charge in [-0.3, -0.25) is 4.90 Å². The zero-order valence-electron chi connectivity index (χ0n) is 16.0. The highest BCUT2D eigenvalue weighted by atomic mass is 16.6. The quantitative estimate of drug-likeness (QED) is 0.689. The van der Waals surface area contributed by atoms with Gasteiger partial charge in [0.05, 0.1) is 18.8 Å². The van der Waals surface area contributed by atoms with Crippen LogP contribution in [0.3, 0.4) is 0 Å². The summed E-state index contributed by atoms with van der Waals surface area (Å²) >= 11 is 0. The third-order valence-electron chi connectivity index (χ3n) is 4.60. The zero-order valence-corrected chi connectivity index (χ0v) is 16.0. The molecule has 0 saturated carbocycles. The number of alkyl carbamates (subject to hydrolysis) is 1. The molecule has 1 amide bonds. The van der Waals surface area contributed by atoms with E-state index in [2.05, 4.69) is 10.2 Å². The molecule has 0 spiro atoms. The van der Waals surface area contributed by atoms with Gasteiger partial charge in [-0.15, -0.1) is 0 Å². The molecule has 0 unspecified atom stereocenters. The topological polar surface area (TPSA) is 82.0 Å². The summed E-state index contributed by atoms with van der Waals surface area (Å²) in [5.74, 6) is 0. The van der Waals surface area contributed by atoms with Crippen molar-refractivity contribution in [3.63, 3.8) is 0 Å². The van der Waals surface area contributed by atoms with Crippen LogP contribution in [0.15, 0.2) is 30.3 Å². The van der Waals surface area contributed by atoms with E-state index in [1.165, 1.54) is 0 Å². The van der Waals surface area contributed by atoms with Crippen molar-refractivity contribution < 1.29 is 19.7 Å². The number of β-amino-alcohol motifs (C(OH)–C–C–N with tert-alkyl or cyclic N) is 1. The molecule has 0 aromatic heterocycles. The molecule has 6 nitrogen and oxygen atoms in total. The van der Waals surface area contributed by atoms with E-state index in [4.69, 9.17) is 4.74 Å². The Kier molecular flexibility index (Phi) is 7.43. The van der Waals surface area contributed by atoms with Gasteiger partial charge in [-0.25, -0.2) is 4.79 Å². The van der Waals surface area contributed by atoms with Crippen LogP contribution in [0.5, 0.6) is 0 Å². The lowest BCUT2D eigenvalue weighted by Crippen LogP contribution is -2.51. The van der Waals surface area contributed by atoms with E-state index in [1.807, 2.05) is 51.1 Å². The summed E-state index contributed by atoms with van der Waals surface area (Å²) in [6.07, 6.45) is 1.18. The monoisotopic (exact) mass is 364 g/mol. The Bertz CT molecular complexity index is 559. The molecule has 3 atom stereocenters. The number of nitrogens with zero attached hydrogens (tertiary/aromatic N) is 1. The van der Waals surface area contributed by atoms with Crippen molar-refractivity contribution in [2.24, 2.45) is 0 Å². The van der Waals surface area contributed by atoms with Gasteiger partial charge in [0.15, 0.2) is 0 Å². The molecule has 1 aliphatic heterocycles. The number of hydrogen-bond donors (Lipinski definition) is 3. The maximum Gasteiger partial charge on any atom is 0.407 e. The number of aliphatic hydroxyl groups is 2. The lowest BCUT2D eigenvalue weighted by molar-refractivity contribution is 0.0327. The van der Waals surface area contributed by atoms with Crippen LogP contribution >= 0.6 is 0 Å². The van der Waals surface area contributed by atoms with E-state index < -0.39 is 23.8 Å². The number of likely N-dealkylation sites (tertiary alicyclic amines) is 1. The van der Waals surface area contributed by atoms with Gasteiger partial charge < -0.3 is 20.3 Å². The number of amides is 1. The maximum atomic E-state index is 12.2. The molecule has 26 heavy (non-hydrogen) atoms. The Morgan fingerprint density at radius 1 is 1.35 bits per heavy atom. The standard InChI is InChI=1S/C20H32N2O4/c1-20(2,3)26-19(25)21-17(12-15-8-5-4-6-9-15)18(24)13-22-11-7-10-16(22)14-23/h4-6,8-9,16-18,23-24H,7,10-14H2,1-3H3,(H,21,25)/t16-,17+,18-/m0/s1. The van der Waals surface area contributed by atoms with E-state index in [0.717, 1.165) is 24.9 Å². The fraction of sp³-hybridized carbons (Fsp3) is 0.650. The number of aliphatic hydroxyl groups excluding tert-OH is 2. The summed E-state index contributed by atoms with van der Waals surface area (Å²) in [5, 5.41) is 23.1. The largest absolute Gasteiger partial charge is 0.444 e. The predicted molar refractivity (Wildman–Crippen MR) is 101 cm³/mol. The minimum atomic E-state index is -0.755. The average molecular weight is 364 g/mol. The van der Waals surface area contributed by atoms with Crippen LogP contribution in [-0.4, -0.2) is 64.7 Å². The van der Waals surface area contributed by atoms with Crippen molar-refractivity contribution in [1.29, 1.82) is 0 Å². The first-order chi connectivity index (χ1) is 12.3. The summed E-state index contributed by atoms with van der Waals surface area (Å²) in [6.45, 7) is 6.79. The minimum absolute atomic E-state index is 0.0866. The van der Waals surface area contributed by atoms with E-state index in [0.29, 0.717) is 13.0 Å². The number of rotatable bonds is 7. The van der Waals surface area contributed by atoms with Crippen molar-refractivity contribution in [3.8, 4) is 0 Å². The number of carbonyl (C=O) groups excluding carboxylic acids is 1. The van der Waals surface area contributed by atoms with E-state index in [1.54, 1.807) is 0 Å². The second-order valence-corrected chi connectivity index (χ2v) is 7.98. The molecule has 3 N–H and O–H groups in total. The Balaban J connectivity index is 2.04. The highest BCUT2D eigenvalue weighted by Crippen LogP contribution is 2.18. The highest BCUT2D eigenvalue weighted by Gasteiger charge is 2.30. The van der Waals surface area contributed by atoms with Crippen LogP contribution in [0, 0.1) is 0 Å². The second kappa shape index (κ2) is 9.35. The summed E-state index contributed by atoms with van der Waals surface area (Å²) in [6, 6.07) is 9.39.